The Morgan fingerprint density at radius 3 is 2.64 bits per heavy atom. The Labute approximate surface area is 169 Å². The van der Waals surface area contributed by atoms with Gasteiger partial charge in [-0.3, -0.25) is 9.48 Å². The second kappa shape index (κ2) is 8.07. The van der Waals surface area contributed by atoms with Crippen LogP contribution in [-0.4, -0.2) is 33.7 Å². The van der Waals surface area contributed by atoms with E-state index in [1.807, 2.05) is 53.4 Å². The largest absolute Gasteiger partial charge is 0.497 e. The number of hydrogen-bond acceptors (Lipinski definition) is 3. The Kier molecular flexibility index (Phi) is 5.35. The molecule has 3 aromatic rings. The van der Waals surface area contributed by atoms with Crippen LogP contribution in [0.5, 0.6) is 5.75 Å². The maximum atomic E-state index is 13.1. The van der Waals surface area contributed by atoms with Crippen molar-refractivity contribution >= 4 is 17.5 Å². The Morgan fingerprint density at radius 1 is 1.21 bits per heavy atom. The normalized spacial score (nSPS) is 13.4. The Hall–Kier alpha value is -2.79. The number of benzene rings is 2. The van der Waals surface area contributed by atoms with Gasteiger partial charge in [-0.2, -0.15) is 5.10 Å². The van der Waals surface area contributed by atoms with Crippen LogP contribution in [0.3, 0.4) is 0 Å². The SMILES string of the molecule is COc1ccc(CN(C(=O)c2cnn(Cc3ccccc3Cl)c2)C2CC2)cc1. The van der Waals surface area contributed by atoms with Crippen LogP contribution in [0, 0.1) is 0 Å². The van der Waals surface area contributed by atoms with E-state index in [0.29, 0.717) is 29.7 Å². The highest BCUT2D eigenvalue weighted by atomic mass is 35.5. The summed E-state index contributed by atoms with van der Waals surface area (Å²) < 4.78 is 6.97. The lowest BCUT2D eigenvalue weighted by Gasteiger charge is -2.22. The lowest BCUT2D eigenvalue weighted by Crippen LogP contribution is -2.32. The minimum atomic E-state index is 0.0173. The van der Waals surface area contributed by atoms with Gasteiger partial charge in [0.25, 0.3) is 5.91 Å². The second-order valence-corrected chi connectivity index (χ2v) is 7.44. The van der Waals surface area contributed by atoms with E-state index in [9.17, 15) is 4.79 Å². The molecule has 0 radical (unpaired) electrons. The third-order valence-electron chi connectivity index (χ3n) is 4.93. The first-order chi connectivity index (χ1) is 13.6. The predicted octanol–water partition coefficient (Wildman–Crippen LogP) is 4.40. The standard InChI is InChI=1S/C22H22ClN3O2/c1-28-20-10-6-16(7-11-20)13-26(19-8-9-19)22(27)18-12-24-25(15-18)14-17-4-2-3-5-21(17)23/h2-7,10-12,15,19H,8-9,13-14H2,1H3. The van der Waals surface area contributed by atoms with Crippen molar-refractivity contribution in [1.29, 1.82) is 0 Å². The molecule has 1 saturated carbocycles. The average Bonchev–Trinajstić information content (AvgIpc) is 3.46. The minimum Gasteiger partial charge on any atom is -0.497 e. The monoisotopic (exact) mass is 395 g/mol. The van der Waals surface area contributed by atoms with Gasteiger partial charge in [0.05, 0.1) is 25.4 Å². The highest BCUT2D eigenvalue weighted by Gasteiger charge is 2.33. The van der Waals surface area contributed by atoms with Crippen molar-refractivity contribution in [3.8, 4) is 5.75 Å². The fraction of sp³-hybridized carbons (Fsp3) is 0.273. The fourth-order valence-electron chi connectivity index (χ4n) is 3.21. The Bertz CT molecular complexity index is 964. The molecule has 2 aromatic carbocycles. The van der Waals surface area contributed by atoms with Crippen molar-refractivity contribution in [2.45, 2.75) is 32.0 Å². The van der Waals surface area contributed by atoms with E-state index in [4.69, 9.17) is 16.3 Å². The quantitative estimate of drug-likeness (QED) is 0.595. The van der Waals surface area contributed by atoms with E-state index in [1.54, 1.807) is 24.2 Å². The minimum absolute atomic E-state index is 0.0173. The molecule has 0 unspecified atom stereocenters. The van der Waals surface area contributed by atoms with Gasteiger partial charge in [0, 0.05) is 23.8 Å². The summed E-state index contributed by atoms with van der Waals surface area (Å²) in [6, 6.07) is 15.8. The van der Waals surface area contributed by atoms with Gasteiger partial charge in [-0.15, -0.1) is 0 Å². The van der Waals surface area contributed by atoms with Gasteiger partial charge in [0.15, 0.2) is 0 Å². The Morgan fingerprint density at radius 2 is 1.96 bits per heavy atom. The van der Waals surface area contributed by atoms with Gasteiger partial charge in [-0.1, -0.05) is 41.9 Å². The van der Waals surface area contributed by atoms with E-state index in [1.165, 1.54) is 0 Å². The van der Waals surface area contributed by atoms with Crippen LogP contribution < -0.4 is 4.74 Å². The molecule has 6 heteroatoms. The lowest BCUT2D eigenvalue weighted by atomic mass is 10.2. The van der Waals surface area contributed by atoms with Crippen LogP contribution >= 0.6 is 11.6 Å². The molecule has 0 aliphatic heterocycles. The number of halogens is 1. The van der Waals surface area contributed by atoms with Gasteiger partial charge >= 0.3 is 0 Å². The van der Waals surface area contributed by atoms with Gasteiger partial charge in [-0.25, -0.2) is 0 Å². The summed E-state index contributed by atoms with van der Waals surface area (Å²) in [6.07, 6.45) is 5.54. The molecule has 1 amide bonds. The smallest absolute Gasteiger partial charge is 0.257 e. The van der Waals surface area contributed by atoms with E-state index < -0.39 is 0 Å². The van der Waals surface area contributed by atoms with E-state index in [2.05, 4.69) is 5.10 Å². The summed E-state index contributed by atoms with van der Waals surface area (Å²) in [5, 5.41) is 5.06. The van der Waals surface area contributed by atoms with Crippen LogP contribution in [0.15, 0.2) is 60.9 Å². The molecule has 1 aliphatic rings. The van der Waals surface area contributed by atoms with Gasteiger partial charge in [-0.05, 0) is 42.2 Å². The summed E-state index contributed by atoms with van der Waals surface area (Å²) in [7, 11) is 1.65. The third kappa shape index (κ3) is 4.20. The number of methoxy groups -OCH3 is 1. The fourth-order valence-corrected chi connectivity index (χ4v) is 3.40. The van der Waals surface area contributed by atoms with Crippen LogP contribution in [0.1, 0.15) is 34.3 Å². The molecule has 1 aromatic heterocycles. The zero-order valence-corrected chi connectivity index (χ0v) is 16.5. The van der Waals surface area contributed by atoms with E-state index in [-0.39, 0.29) is 5.91 Å². The first-order valence-corrected chi connectivity index (χ1v) is 9.71. The van der Waals surface area contributed by atoms with Crippen molar-refractivity contribution in [2.75, 3.05) is 7.11 Å². The van der Waals surface area contributed by atoms with Crippen molar-refractivity contribution in [3.05, 3.63) is 82.6 Å². The molecule has 0 atom stereocenters. The molecule has 0 spiro atoms. The number of ether oxygens (including phenoxy) is 1. The van der Waals surface area contributed by atoms with Gasteiger partial charge in [0.1, 0.15) is 5.75 Å². The van der Waals surface area contributed by atoms with Crippen molar-refractivity contribution in [2.24, 2.45) is 0 Å². The topological polar surface area (TPSA) is 47.4 Å². The first-order valence-electron chi connectivity index (χ1n) is 9.34. The number of carbonyl (C=O) groups excluding carboxylic acids is 1. The maximum absolute atomic E-state index is 13.1. The van der Waals surface area contributed by atoms with Crippen LogP contribution in [0.2, 0.25) is 5.02 Å². The van der Waals surface area contributed by atoms with Crippen LogP contribution in [0.4, 0.5) is 0 Å². The highest BCUT2D eigenvalue weighted by molar-refractivity contribution is 6.31. The van der Waals surface area contributed by atoms with Crippen molar-refractivity contribution in [1.82, 2.24) is 14.7 Å². The summed E-state index contributed by atoms with van der Waals surface area (Å²) in [5.74, 6) is 0.831. The van der Waals surface area contributed by atoms with Crippen molar-refractivity contribution in [3.63, 3.8) is 0 Å². The molecule has 1 fully saturated rings. The van der Waals surface area contributed by atoms with E-state index >= 15 is 0 Å². The maximum Gasteiger partial charge on any atom is 0.257 e. The number of nitrogens with zero attached hydrogens (tertiary/aromatic N) is 3. The first kappa shape index (κ1) is 18.6. The number of aromatic nitrogens is 2. The molecule has 0 bridgehead atoms. The molecule has 28 heavy (non-hydrogen) atoms. The van der Waals surface area contributed by atoms with Crippen LogP contribution in [0.25, 0.3) is 0 Å². The molecule has 4 rings (SSSR count). The van der Waals surface area contributed by atoms with Gasteiger partial charge in [0.2, 0.25) is 0 Å². The highest BCUT2D eigenvalue weighted by Crippen LogP contribution is 2.30. The number of rotatable bonds is 7. The van der Waals surface area contributed by atoms with Crippen molar-refractivity contribution < 1.29 is 9.53 Å². The zero-order chi connectivity index (χ0) is 19.5. The average molecular weight is 396 g/mol. The summed E-state index contributed by atoms with van der Waals surface area (Å²) in [4.78, 5) is 15.1. The molecular formula is C22H22ClN3O2. The van der Waals surface area contributed by atoms with Crippen LogP contribution in [-0.2, 0) is 13.1 Å². The number of amides is 1. The summed E-state index contributed by atoms with van der Waals surface area (Å²) in [6.45, 7) is 1.12. The predicted molar refractivity (Wildman–Crippen MR) is 109 cm³/mol. The molecule has 0 N–H and O–H groups in total. The van der Waals surface area contributed by atoms with Gasteiger partial charge < -0.3 is 9.64 Å². The molecule has 0 saturated heterocycles. The summed E-state index contributed by atoms with van der Waals surface area (Å²) in [5.41, 5.74) is 2.67. The molecular weight excluding hydrogens is 374 g/mol. The molecule has 1 aliphatic carbocycles. The summed E-state index contributed by atoms with van der Waals surface area (Å²) >= 11 is 6.23. The Balaban J connectivity index is 1.48. The molecule has 5 nitrogen and oxygen atoms in total. The number of carbonyl (C=O) groups is 1. The lowest BCUT2D eigenvalue weighted by molar-refractivity contribution is 0.0730. The third-order valence-corrected chi connectivity index (χ3v) is 5.30. The zero-order valence-electron chi connectivity index (χ0n) is 15.7. The number of hydrogen-bond donors (Lipinski definition) is 0. The van der Waals surface area contributed by atoms with E-state index in [0.717, 1.165) is 29.7 Å². The molecule has 1 heterocycles. The molecule has 144 valence electrons. The second-order valence-electron chi connectivity index (χ2n) is 7.03.